The molecule has 0 fully saturated rings. The summed E-state index contributed by atoms with van der Waals surface area (Å²) in [6.45, 7) is 0. The van der Waals surface area contributed by atoms with Gasteiger partial charge in [0.2, 0.25) is 0 Å². The van der Waals surface area contributed by atoms with Gasteiger partial charge in [-0.1, -0.05) is 23.9 Å². The molecule has 1 aliphatic rings. The molecule has 0 saturated carbocycles. The standard InChI is InChI=1S/C12H8BIOS/c13-8-2-1-3-10-12(8)15-9-5-4-7(14)6-11(9)16-10/h1-6H,13H2. The van der Waals surface area contributed by atoms with Crippen molar-refractivity contribution in [2.75, 3.05) is 0 Å². The van der Waals surface area contributed by atoms with E-state index in [1.165, 1.54) is 18.8 Å². The molecular formula is C12H8BIOS. The summed E-state index contributed by atoms with van der Waals surface area (Å²) in [6.07, 6.45) is 0. The molecule has 0 amide bonds. The van der Waals surface area contributed by atoms with Crippen LogP contribution in [0.3, 0.4) is 0 Å². The molecule has 1 heterocycles. The van der Waals surface area contributed by atoms with E-state index in [4.69, 9.17) is 4.74 Å². The Hall–Kier alpha value is -0.615. The summed E-state index contributed by atoms with van der Waals surface area (Å²) in [5.41, 5.74) is 1.19. The predicted molar refractivity (Wildman–Crippen MR) is 78.0 cm³/mol. The highest BCUT2D eigenvalue weighted by Crippen LogP contribution is 2.46. The maximum Gasteiger partial charge on any atom is 0.144 e. The Morgan fingerprint density at radius 2 is 2.00 bits per heavy atom. The summed E-state index contributed by atoms with van der Waals surface area (Å²) in [4.78, 5) is 2.40. The lowest BCUT2D eigenvalue weighted by molar-refractivity contribution is 0.458. The first kappa shape index (κ1) is 10.5. The summed E-state index contributed by atoms with van der Waals surface area (Å²) in [5.74, 6) is 1.97. The molecule has 0 unspecified atom stereocenters. The first-order chi connectivity index (χ1) is 7.74. The van der Waals surface area contributed by atoms with Crippen LogP contribution in [-0.4, -0.2) is 7.85 Å². The molecule has 0 N–H and O–H groups in total. The smallest absolute Gasteiger partial charge is 0.144 e. The van der Waals surface area contributed by atoms with Crippen molar-refractivity contribution in [3.05, 3.63) is 40.0 Å². The van der Waals surface area contributed by atoms with Crippen LogP contribution in [0, 0.1) is 3.57 Å². The van der Waals surface area contributed by atoms with Crippen LogP contribution in [0.5, 0.6) is 11.5 Å². The van der Waals surface area contributed by atoms with Gasteiger partial charge in [0.25, 0.3) is 0 Å². The minimum atomic E-state index is 0.965. The van der Waals surface area contributed by atoms with Crippen molar-refractivity contribution in [1.29, 1.82) is 0 Å². The van der Waals surface area contributed by atoms with Crippen molar-refractivity contribution in [3.63, 3.8) is 0 Å². The molecule has 78 valence electrons. The van der Waals surface area contributed by atoms with Gasteiger partial charge in [-0.3, -0.25) is 0 Å². The normalized spacial score (nSPS) is 12.6. The molecular weight excluding hydrogens is 330 g/mol. The molecule has 0 aliphatic carbocycles. The van der Waals surface area contributed by atoms with E-state index < -0.39 is 0 Å². The Bertz CT molecular complexity index is 571. The fourth-order valence-electron chi connectivity index (χ4n) is 1.71. The van der Waals surface area contributed by atoms with Crippen molar-refractivity contribution in [2.45, 2.75) is 9.79 Å². The summed E-state index contributed by atoms with van der Waals surface area (Å²) < 4.78 is 7.18. The molecule has 0 radical (unpaired) electrons. The zero-order valence-electron chi connectivity index (χ0n) is 8.66. The van der Waals surface area contributed by atoms with Crippen LogP contribution in [0.4, 0.5) is 0 Å². The quantitative estimate of drug-likeness (QED) is 0.461. The fraction of sp³-hybridized carbons (Fsp3) is 0. The summed E-state index contributed by atoms with van der Waals surface area (Å²) in [6, 6.07) is 12.5. The fourth-order valence-corrected chi connectivity index (χ4v) is 3.49. The van der Waals surface area contributed by atoms with Crippen LogP contribution in [0.1, 0.15) is 0 Å². The molecule has 2 aromatic rings. The second-order valence-electron chi connectivity index (χ2n) is 3.70. The number of para-hydroxylation sites is 1. The summed E-state index contributed by atoms with van der Waals surface area (Å²) in [5, 5.41) is 0. The molecule has 0 saturated heterocycles. The minimum Gasteiger partial charge on any atom is -0.456 e. The van der Waals surface area contributed by atoms with Crippen LogP contribution >= 0.6 is 34.4 Å². The Kier molecular flexibility index (Phi) is 2.63. The van der Waals surface area contributed by atoms with Crippen molar-refractivity contribution in [1.82, 2.24) is 0 Å². The Morgan fingerprint density at radius 1 is 1.12 bits per heavy atom. The summed E-state index contributed by atoms with van der Waals surface area (Å²) in [7, 11) is 2.08. The Balaban J connectivity index is 2.13. The van der Waals surface area contributed by atoms with E-state index >= 15 is 0 Å². The van der Waals surface area contributed by atoms with Crippen molar-refractivity contribution < 1.29 is 4.74 Å². The molecule has 1 nitrogen and oxygen atoms in total. The Labute approximate surface area is 113 Å². The Morgan fingerprint density at radius 3 is 2.88 bits per heavy atom. The van der Waals surface area contributed by atoms with Gasteiger partial charge in [-0.15, -0.1) is 0 Å². The summed E-state index contributed by atoms with van der Waals surface area (Å²) >= 11 is 4.10. The highest BCUT2D eigenvalue weighted by Gasteiger charge is 2.18. The van der Waals surface area contributed by atoms with E-state index in [2.05, 4.69) is 60.8 Å². The second-order valence-corrected chi connectivity index (χ2v) is 6.03. The average Bonchev–Trinajstić information content (AvgIpc) is 2.27. The van der Waals surface area contributed by atoms with E-state index in [1.54, 1.807) is 11.8 Å². The van der Waals surface area contributed by atoms with Gasteiger partial charge in [-0.2, -0.15) is 0 Å². The molecule has 2 aromatic carbocycles. The van der Waals surface area contributed by atoms with Gasteiger partial charge in [0.05, 0.1) is 9.79 Å². The zero-order chi connectivity index (χ0) is 11.1. The maximum atomic E-state index is 5.94. The molecule has 3 rings (SSSR count). The predicted octanol–water partition coefficient (Wildman–Crippen LogP) is 2.81. The van der Waals surface area contributed by atoms with Crippen LogP contribution in [-0.2, 0) is 0 Å². The van der Waals surface area contributed by atoms with Crippen molar-refractivity contribution in [2.24, 2.45) is 0 Å². The lowest BCUT2D eigenvalue weighted by Crippen LogP contribution is -2.09. The lowest BCUT2D eigenvalue weighted by Gasteiger charge is -2.21. The largest absolute Gasteiger partial charge is 0.456 e. The molecule has 1 aliphatic heterocycles. The number of hydrogen-bond acceptors (Lipinski definition) is 2. The number of hydrogen-bond donors (Lipinski definition) is 0. The number of halogens is 1. The third-order valence-electron chi connectivity index (χ3n) is 2.51. The van der Waals surface area contributed by atoms with Crippen LogP contribution < -0.4 is 10.2 Å². The third kappa shape index (κ3) is 1.74. The van der Waals surface area contributed by atoms with Gasteiger partial charge in [0, 0.05) is 3.57 Å². The van der Waals surface area contributed by atoms with E-state index in [-0.39, 0.29) is 0 Å². The van der Waals surface area contributed by atoms with Crippen molar-refractivity contribution >= 4 is 47.7 Å². The van der Waals surface area contributed by atoms with Gasteiger partial charge in [0.15, 0.2) is 0 Å². The number of rotatable bonds is 0. The molecule has 0 spiro atoms. The monoisotopic (exact) mass is 338 g/mol. The highest BCUT2D eigenvalue weighted by molar-refractivity contribution is 14.1. The SMILES string of the molecule is Bc1cccc2c1Oc1ccc(I)cc1S2. The molecule has 4 heteroatoms. The topological polar surface area (TPSA) is 9.23 Å². The van der Waals surface area contributed by atoms with Crippen LogP contribution in [0.2, 0.25) is 0 Å². The van der Waals surface area contributed by atoms with Gasteiger partial charge < -0.3 is 4.74 Å². The van der Waals surface area contributed by atoms with E-state index in [0.29, 0.717) is 0 Å². The maximum absolute atomic E-state index is 5.94. The number of ether oxygens (including phenoxy) is 1. The number of fused-ring (bicyclic) bond motifs is 2. The van der Waals surface area contributed by atoms with Gasteiger partial charge in [0.1, 0.15) is 19.3 Å². The number of benzene rings is 2. The van der Waals surface area contributed by atoms with Gasteiger partial charge in [-0.05, 0) is 52.3 Å². The molecule has 0 atom stereocenters. The van der Waals surface area contributed by atoms with E-state index in [9.17, 15) is 0 Å². The van der Waals surface area contributed by atoms with E-state index in [1.807, 2.05) is 6.07 Å². The lowest BCUT2D eigenvalue weighted by atomic mass is 9.95. The van der Waals surface area contributed by atoms with Gasteiger partial charge >= 0.3 is 0 Å². The minimum absolute atomic E-state index is 0.965. The zero-order valence-corrected chi connectivity index (χ0v) is 11.6. The molecule has 0 bridgehead atoms. The average molecular weight is 338 g/mol. The molecule has 16 heavy (non-hydrogen) atoms. The van der Waals surface area contributed by atoms with Gasteiger partial charge in [-0.25, -0.2) is 0 Å². The van der Waals surface area contributed by atoms with Crippen molar-refractivity contribution in [3.8, 4) is 11.5 Å². The third-order valence-corrected chi connectivity index (χ3v) is 4.26. The highest BCUT2D eigenvalue weighted by atomic mass is 127. The first-order valence-electron chi connectivity index (χ1n) is 4.99. The first-order valence-corrected chi connectivity index (χ1v) is 6.88. The van der Waals surface area contributed by atoms with Crippen LogP contribution in [0.25, 0.3) is 0 Å². The molecule has 0 aromatic heterocycles. The van der Waals surface area contributed by atoms with Crippen LogP contribution in [0.15, 0.2) is 46.2 Å². The second kappa shape index (κ2) is 4.00. The van der Waals surface area contributed by atoms with E-state index in [0.717, 1.165) is 11.5 Å².